The van der Waals surface area contributed by atoms with E-state index in [1.807, 2.05) is 31.2 Å². The molecule has 2 aliphatic heterocycles. The van der Waals surface area contributed by atoms with Crippen LogP contribution in [-0.4, -0.2) is 21.6 Å². The van der Waals surface area contributed by atoms with E-state index in [1.165, 1.54) is 20.9 Å². The number of carbonyl (C=O) groups excluding carboxylic acids is 2. The lowest BCUT2D eigenvalue weighted by Crippen LogP contribution is -2.53. The molecule has 0 N–H and O–H groups in total. The number of nitrogens with zero attached hydrogens (tertiary/aromatic N) is 2. The van der Waals surface area contributed by atoms with Crippen LogP contribution in [0.4, 0.5) is 10.5 Å². The lowest BCUT2D eigenvalue weighted by molar-refractivity contribution is -0.443. The summed E-state index contributed by atoms with van der Waals surface area (Å²) in [6, 6.07) is 12.7. The highest BCUT2D eigenvalue weighted by Crippen LogP contribution is 2.48. The molecule has 7 heteroatoms. The summed E-state index contributed by atoms with van der Waals surface area (Å²) in [6.45, 7) is 2.46. The van der Waals surface area contributed by atoms with Gasteiger partial charge in [-0.15, -0.1) is 4.90 Å². The first kappa shape index (κ1) is 20.8. The van der Waals surface area contributed by atoms with E-state index in [-0.39, 0.29) is 11.9 Å². The molecule has 0 bridgehead atoms. The molecule has 1 aliphatic carbocycles. The van der Waals surface area contributed by atoms with E-state index in [0.29, 0.717) is 22.3 Å². The predicted octanol–water partition coefficient (Wildman–Crippen LogP) is 6.57. The molecule has 0 aromatic heterocycles. The van der Waals surface area contributed by atoms with E-state index in [1.54, 1.807) is 34.5 Å². The zero-order valence-corrected chi connectivity index (χ0v) is 19.4. The molecule has 0 radical (unpaired) electrons. The normalized spacial score (nSPS) is 21.0. The van der Waals surface area contributed by atoms with Crippen LogP contribution >= 0.6 is 35.0 Å². The van der Waals surface area contributed by atoms with Crippen molar-refractivity contribution < 1.29 is 14.2 Å². The Bertz CT molecular complexity index is 1170. The summed E-state index contributed by atoms with van der Waals surface area (Å²) in [5.41, 5.74) is 3.83. The van der Waals surface area contributed by atoms with Crippen LogP contribution in [0.5, 0.6) is 0 Å². The summed E-state index contributed by atoms with van der Waals surface area (Å²) < 4.78 is 1.77. The van der Waals surface area contributed by atoms with E-state index in [4.69, 9.17) is 23.2 Å². The average molecular weight is 472 g/mol. The number of imide groups is 1. The molecule has 31 heavy (non-hydrogen) atoms. The van der Waals surface area contributed by atoms with Crippen LogP contribution in [0, 0.1) is 12.8 Å². The van der Waals surface area contributed by atoms with Gasteiger partial charge in [0.15, 0.2) is 11.0 Å². The number of rotatable bonds is 3. The Morgan fingerprint density at radius 2 is 1.77 bits per heavy atom. The fraction of sp³-hybridized carbons (Fsp3) is 0.292. The van der Waals surface area contributed by atoms with Gasteiger partial charge in [0, 0.05) is 6.07 Å². The molecule has 158 valence electrons. The van der Waals surface area contributed by atoms with Crippen LogP contribution < -0.4 is 4.90 Å². The largest absolute Gasteiger partial charge is 0.506 e. The van der Waals surface area contributed by atoms with Gasteiger partial charge in [-0.05, 0) is 60.8 Å². The summed E-state index contributed by atoms with van der Waals surface area (Å²) >= 11 is 13.9. The minimum atomic E-state index is -0.391. The number of hydrogen-bond donors (Lipinski definition) is 0. The number of halogens is 2. The Labute approximate surface area is 195 Å². The molecule has 2 aromatic carbocycles. The lowest BCUT2D eigenvalue weighted by atomic mass is 9.88. The highest BCUT2D eigenvalue weighted by Gasteiger charge is 2.54. The second-order valence-electron chi connectivity index (χ2n) is 8.16. The number of amides is 3. The van der Waals surface area contributed by atoms with Gasteiger partial charge in [0.1, 0.15) is 12.2 Å². The molecule has 0 fully saturated rings. The summed E-state index contributed by atoms with van der Waals surface area (Å²) in [5, 5.41) is 1.55. The van der Waals surface area contributed by atoms with Crippen molar-refractivity contribution in [2.24, 2.45) is 5.92 Å². The number of thioether (sulfide) groups is 1. The summed E-state index contributed by atoms with van der Waals surface area (Å²) in [6.07, 6.45) is 4.09. The molecule has 2 aromatic rings. The van der Waals surface area contributed by atoms with E-state index in [2.05, 4.69) is 0 Å². The first-order valence-corrected chi connectivity index (χ1v) is 11.9. The summed E-state index contributed by atoms with van der Waals surface area (Å²) in [5.74, 6) is -0.587. The zero-order chi connectivity index (χ0) is 21.7. The molecule has 3 amide bonds. The molecule has 5 rings (SSSR count). The van der Waals surface area contributed by atoms with Gasteiger partial charge in [0.25, 0.3) is 0 Å². The van der Waals surface area contributed by atoms with Crippen molar-refractivity contribution in [3.63, 3.8) is 0 Å². The van der Waals surface area contributed by atoms with Crippen molar-refractivity contribution in [3.05, 3.63) is 74.1 Å². The van der Waals surface area contributed by atoms with E-state index in [0.717, 1.165) is 36.3 Å². The minimum Gasteiger partial charge on any atom is -0.245 e. The highest BCUT2D eigenvalue weighted by molar-refractivity contribution is 8.17. The van der Waals surface area contributed by atoms with Gasteiger partial charge in [-0.3, -0.25) is 0 Å². The molecule has 0 spiro atoms. The predicted molar refractivity (Wildman–Crippen MR) is 126 cm³/mol. The maximum Gasteiger partial charge on any atom is 0.506 e. The van der Waals surface area contributed by atoms with E-state index in [9.17, 15) is 9.59 Å². The minimum absolute atomic E-state index is 0.196. The molecule has 0 saturated carbocycles. The van der Waals surface area contributed by atoms with Crippen LogP contribution in [0.2, 0.25) is 10.0 Å². The van der Waals surface area contributed by atoms with Crippen molar-refractivity contribution >= 4 is 57.6 Å². The number of aryl methyl sites for hydroxylation is 1. The first-order chi connectivity index (χ1) is 14.9. The van der Waals surface area contributed by atoms with Crippen molar-refractivity contribution in [3.8, 4) is 0 Å². The van der Waals surface area contributed by atoms with Crippen LogP contribution in [0.1, 0.15) is 36.8 Å². The maximum absolute atomic E-state index is 13.7. The fourth-order valence-electron chi connectivity index (χ4n) is 4.44. The Morgan fingerprint density at radius 3 is 2.52 bits per heavy atom. The van der Waals surface area contributed by atoms with Crippen molar-refractivity contribution in [1.82, 2.24) is 0 Å². The summed E-state index contributed by atoms with van der Waals surface area (Å²) in [4.78, 5) is 29.8. The molecule has 1 unspecified atom stereocenters. The molecule has 1 atom stereocenters. The Balaban J connectivity index is 1.62. The Morgan fingerprint density at radius 1 is 1.03 bits per heavy atom. The van der Waals surface area contributed by atoms with Crippen LogP contribution in [-0.2, 0) is 11.3 Å². The first-order valence-electron chi connectivity index (χ1n) is 10.4. The Hall–Kier alpha value is -2.08. The summed E-state index contributed by atoms with van der Waals surface area (Å²) in [7, 11) is 0. The number of allylic oxidation sites excluding steroid dienone is 1. The van der Waals surface area contributed by atoms with Gasteiger partial charge in [-0.2, -0.15) is 9.37 Å². The molecule has 3 aliphatic rings. The van der Waals surface area contributed by atoms with Crippen LogP contribution in [0.25, 0.3) is 0 Å². The third-order valence-electron chi connectivity index (χ3n) is 6.06. The van der Waals surface area contributed by atoms with Gasteiger partial charge in [0.2, 0.25) is 0 Å². The standard InChI is InChI=1S/C24H21Cl2N2O2S/c1-14-6-8-15(9-7-14)13-27-23-21(17-4-2-3-5-20(17)31-23)22(29)28(24(27)30)16-10-11-18(25)19(26)12-16/h6-12,21H,2-5,13H2,1H3/q+1. The third kappa shape index (κ3) is 3.63. The van der Waals surface area contributed by atoms with Crippen molar-refractivity contribution in [2.75, 3.05) is 4.90 Å². The Kier molecular flexibility index (Phi) is 5.45. The zero-order valence-electron chi connectivity index (χ0n) is 17.0. The van der Waals surface area contributed by atoms with Gasteiger partial charge in [-0.1, -0.05) is 64.8 Å². The number of benzene rings is 2. The smallest absolute Gasteiger partial charge is 0.245 e. The second-order valence-corrected chi connectivity index (χ2v) is 10.1. The quantitative estimate of drug-likeness (QED) is 0.475. The molecule has 0 saturated heterocycles. The van der Waals surface area contributed by atoms with Crippen molar-refractivity contribution in [2.45, 2.75) is 39.2 Å². The molecular weight excluding hydrogens is 451 g/mol. The number of carbonyl (C=O) groups is 2. The number of urea groups is 1. The molecule has 2 heterocycles. The van der Waals surface area contributed by atoms with Crippen LogP contribution in [0.15, 0.2) is 52.9 Å². The molecule has 4 nitrogen and oxygen atoms in total. The molecular formula is C24H21Cl2N2O2S+. The van der Waals surface area contributed by atoms with Gasteiger partial charge < -0.3 is 0 Å². The van der Waals surface area contributed by atoms with Crippen molar-refractivity contribution in [1.29, 1.82) is 0 Å². The number of fused-ring (bicyclic) bond motifs is 2. The monoisotopic (exact) mass is 471 g/mol. The van der Waals surface area contributed by atoms with E-state index >= 15 is 0 Å². The third-order valence-corrected chi connectivity index (χ3v) is 8.18. The van der Waals surface area contributed by atoms with Gasteiger partial charge in [0.05, 0.1) is 10.0 Å². The number of anilines is 1. The maximum atomic E-state index is 13.7. The van der Waals surface area contributed by atoms with Crippen LogP contribution in [0.3, 0.4) is 0 Å². The van der Waals surface area contributed by atoms with Gasteiger partial charge in [-0.25, -0.2) is 4.79 Å². The van der Waals surface area contributed by atoms with E-state index < -0.39 is 5.92 Å². The fourth-order valence-corrected chi connectivity index (χ4v) is 6.20. The lowest BCUT2D eigenvalue weighted by Gasteiger charge is -2.26. The van der Waals surface area contributed by atoms with Gasteiger partial charge >= 0.3 is 11.9 Å². The SMILES string of the molecule is Cc1ccc(C[N+]2=C3SC4=C(CCCC4)C3C(=O)N(c3ccc(Cl)c(Cl)c3)C2=O)cc1. The number of hydrogen-bond acceptors (Lipinski definition) is 3. The highest BCUT2D eigenvalue weighted by atomic mass is 35.5. The average Bonchev–Trinajstić information content (AvgIpc) is 3.15. The second kappa shape index (κ2) is 8.12. The topological polar surface area (TPSA) is 40.4 Å².